The predicted octanol–water partition coefficient (Wildman–Crippen LogP) is 0.326. The van der Waals surface area contributed by atoms with Crippen LogP contribution in [0.5, 0.6) is 0 Å². The molecule has 0 aliphatic carbocycles. The average Bonchev–Trinajstić information content (AvgIpc) is 2.47. The molecule has 0 unspecified atom stereocenters. The van der Waals surface area contributed by atoms with Crippen molar-refractivity contribution < 1.29 is 8.42 Å². The maximum atomic E-state index is 12.5. The van der Waals surface area contributed by atoms with E-state index >= 15 is 0 Å². The second-order valence-corrected chi connectivity index (χ2v) is 6.43. The van der Waals surface area contributed by atoms with Crippen LogP contribution in [-0.2, 0) is 10.0 Å². The van der Waals surface area contributed by atoms with Gasteiger partial charge in [0.1, 0.15) is 11.0 Å². The molecule has 0 amide bonds. The Morgan fingerprint density at radius 1 is 1.47 bits per heavy atom. The molecule has 1 fully saturated rings. The van der Waals surface area contributed by atoms with E-state index in [0.29, 0.717) is 0 Å². The molecule has 7 heteroatoms. The fraction of sp³-hybridized carbons (Fsp3) is 0.500. The van der Waals surface area contributed by atoms with Gasteiger partial charge in [-0.05, 0) is 38.1 Å². The predicted molar refractivity (Wildman–Crippen MR) is 69.8 cm³/mol. The highest BCUT2D eigenvalue weighted by atomic mass is 32.2. The van der Waals surface area contributed by atoms with Gasteiger partial charge in [-0.15, -0.1) is 0 Å². The Bertz CT molecular complexity index is 588. The van der Waals surface area contributed by atoms with E-state index in [-0.39, 0.29) is 16.6 Å². The lowest BCUT2D eigenvalue weighted by molar-refractivity contribution is 0.296. The molecule has 1 aromatic rings. The summed E-state index contributed by atoms with van der Waals surface area (Å²) in [4.78, 5) is 3.80. The fourth-order valence-electron chi connectivity index (χ4n) is 2.20. The van der Waals surface area contributed by atoms with E-state index in [1.807, 2.05) is 6.07 Å². The molecule has 0 aromatic carbocycles. The van der Waals surface area contributed by atoms with Crippen LogP contribution in [0.1, 0.15) is 18.5 Å². The summed E-state index contributed by atoms with van der Waals surface area (Å²) in [5.74, 6) is 0. The third-order valence-electron chi connectivity index (χ3n) is 3.36. The molecule has 19 heavy (non-hydrogen) atoms. The zero-order valence-corrected chi connectivity index (χ0v) is 11.5. The number of sulfonamides is 1. The highest BCUT2D eigenvalue weighted by Crippen LogP contribution is 2.22. The third kappa shape index (κ3) is 2.76. The standard InChI is InChI=1S/C12H16N4O2S/c1-16(10-4-7-14-8-5-10)19(17,18)12-3-2-6-15-11(12)9-13/h2-3,6,10,14H,4-5,7-8H2,1H3. The second kappa shape index (κ2) is 5.65. The van der Waals surface area contributed by atoms with Crippen LogP contribution in [0.25, 0.3) is 0 Å². The van der Waals surface area contributed by atoms with E-state index in [4.69, 9.17) is 5.26 Å². The van der Waals surface area contributed by atoms with Crippen LogP contribution >= 0.6 is 0 Å². The number of nitrogens with zero attached hydrogens (tertiary/aromatic N) is 3. The van der Waals surface area contributed by atoms with E-state index in [2.05, 4.69) is 10.3 Å². The number of hydrogen-bond donors (Lipinski definition) is 1. The van der Waals surface area contributed by atoms with Gasteiger partial charge in [0.25, 0.3) is 0 Å². The summed E-state index contributed by atoms with van der Waals surface area (Å²) in [6.07, 6.45) is 2.97. The van der Waals surface area contributed by atoms with E-state index in [0.717, 1.165) is 25.9 Å². The Balaban J connectivity index is 2.34. The molecule has 1 aromatic heterocycles. The normalized spacial score (nSPS) is 17.3. The smallest absolute Gasteiger partial charge is 0.245 e. The number of nitrogens with one attached hydrogen (secondary N) is 1. The van der Waals surface area contributed by atoms with Crippen molar-refractivity contribution in [3.05, 3.63) is 24.0 Å². The maximum absolute atomic E-state index is 12.5. The molecule has 6 nitrogen and oxygen atoms in total. The van der Waals surface area contributed by atoms with Gasteiger partial charge in [-0.1, -0.05) is 0 Å². The molecule has 1 N–H and O–H groups in total. The molecular formula is C12H16N4O2S. The lowest BCUT2D eigenvalue weighted by Crippen LogP contribution is -2.44. The first-order chi connectivity index (χ1) is 9.07. The molecule has 2 rings (SSSR count). The molecule has 2 heterocycles. The molecule has 0 bridgehead atoms. The minimum absolute atomic E-state index is 0.0152. The summed E-state index contributed by atoms with van der Waals surface area (Å²) >= 11 is 0. The molecule has 0 atom stereocenters. The topological polar surface area (TPSA) is 86.1 Å². The minimum atomic E-state index is -3.66. The molecule has 1 aliphatic heterocycles. The Hall–Kier alpha value is -1.49. The monoisotopic (exact) mass is 280 g/mol. The zero-order chi connectivity index (χ0) is 13.9. The van der Waals surface area contributed by atoms with Crippen molar-refractivity contribution in [2.24, 2.45) is 0 Å². The highest BCUT2D eigenvalue weighted by Gasteiger charge is 2.30. The fourth-order valence-corrected chi connectivity index (χ4v) is 3.71. The largest absolute Gasteiger partial charge is 0.317 e. The molecule has 0 spiro atoms. The number of rotatable bonds is 3. The molecular weight excluding hydrogens is 264 g/mol. The van der Waals surface area contributed by atoms with Gasteiger partial charge in [-0.2, -0.15) is 9.57 Å². The quantitative estimate of drug-likeness (QED) is 0.862. The molecule has 0 radical (unpaired) electrons. The first kappa shape index (κ1) is 13.9. The first-order valence-electron chi connectivity index (χ1n) is 6.11. The summed E-state index contributed by atoms with van der Waals surface area (Å²) in [6.45, 7) is 1.62. The van der Waals surface area contributed by atoms with Crippen molar-refractivity contribution in [1.82, 2.24) is 14.6 Å². The summed E-state index contributed by atoms with van der Waals surface area (Å²) in [6, 6.07) is 4.76. The van der Waals surface area contributed by atoms with E-state index in [1.165, 1.54) is 22.6 Å². The average molecular weight is 280 g/mol. The number of aromatic nitrogens is 1. The van der Waals surface area contributed by atoms with Gasteiger partial charge in [0.15, 0.2) is 5.69 Å². The number of pyridine rings is 1. The van der Waals surface area contributed by atoms with Crippen LogP contribution in [0.4, 0.5) is 0 Å². The van der Waals surface area contributed by atoms with Crippen molar-refractivity contribution in [3.8, 4) is 6.07 Å². The van der Waals surface area contributed by atoms with Crippen LogP contribution in [0.2, 0.25) is 0 Å². The van der Waals surface area contributed by atoms with E-state index in [1.54, 1.807) is 7.05 Å². The molecule has 1 saturated heterocycles. The van der Waals surface area contributed by atoms with Crippen LogP contribution in [-0.4, -0.2) is 43.9 Å². The first-order valence-corrected chi connectivity index (χ1v) is 7.55. The lowest BCUT2D eigenvalue weighted by Gasteiger charge is -2.30. The van der Waals surface area contributed by atoms with Crippen molar-refractivity contribution in [3.63, 3.8) is 0 Å². The summed E-state index contributed by atoms with van der Waals surface area (Å²) in [7, 11) is -2.09. The van der Waals surface area contributed by atoms with Crippen molar-refractivity contribution >= 4 is 10.0 Å². The Kier molecular flexibility index (Phi) is 4.14. The Labute approximate surface area is 113 Å². The summed E-state index contributed by atoms with van der Waals surface area (Å²) in [5, 5.41) is 12.2. The Morgan fingerprint density at radius 2 is 2.16 bits per heavy atom. The van der Waals surface area contributed by atoms with E-state index in [9.17, 15) is 8.42 Å². The van der Waals surface area contributed by atoms with Crippen LogP contribution in [0.15, 0.2) is 23.2 Å². The van der Waals surface area contributed by atoms with Crippen LogP contribution in [0.3, 0.4) is 0 Å². The summed E-state index contributed by atoms with van der Waals surface area (Å²) in [5.41, 5.74) is -0.0525. The lowest BCUT2D eigenvalue weighted by atomic mass is 10.1. The van der Waals surface area contributed by atoms with Gasteiger partial charge in [0.2, 0.25) is 10.0 Å². The SMILES string of the molecule is CN(C1CCNCC1)S(=O)(=O)c1cccnc1C#N. The van der Waals surface area contributed by atoms with Crippen LogP contribution in [0, 0.1) is 11.3 Å². The van der Waals surface area contributed by atoms with Gasteiger partial charge in [-0.3, -0.25) is 0 Å². The van der Waals surface area contributed by atoms with Gasteiger partial charge in [0, 0.05) is 19.3 Å². The maximum Gasteiger partial charge on any atom is 0.245 e. The van der Waals surface area contributed by atoms with Crippen molar-refractivity contribution in [1.29, 1.82) is 5.26 Å². The van der Waals surface area contributed by atoms with Gasteiger partial charge < -0.3 is 5.32 Å². The van der Waals surface area contributed by atoms with Gasteiger partial charge >= 0.3 is 0 Å². The number of hydrogen-bond acceptors (Lipinski definition) is 5. The van der Waals surface area contributed by atoms with E-state index < -0.39 is 10.0 Å². The second-order valence-electron chi connectivity index (χ2n) is 4.46. The molecule has 0 saturated carbocycles. The van der Waals surface area contributed by atoms with Crippen molar-refractivity contribution in [2.75, 3.05) is 20.1 Å². The molecule has 102 valence electrons. The minimum Gasteiger partial charge on any atom is -0.317 e. The summed E-state index contributed by atoms with van der Waals surface area (Å²) < 4.78 is 26.4. The van der Waals surface area contributed by atoms with Gasteiger partial charge in [-0.25, -0.2) is 13.4 Å². The highest BCUT2D eigenvalue weighted by molar-refractivity contribution is 7.89. The van der Waals surface area contributed by atoms with Crippen LogP contribution < -0.4 is 5.32 Å². The molecule has 1 aliphatic rings. The number of piperidine rings is 1. The Morgan fingerprint density at radius 3 is 2.79 bits per heavy atom. The van der Waals surface area contributed by atoms with Gasteiger partial charge in [0.05, 0.1) is 0 Å². The van der Waals surface area contributed by atoms with Crippen molar-refractivity contribution in [2.45, 2.75) is 23.8 Å². The number of nitriles is 1. The third-order valence-corrected chi connectivity index (χ3v) is 5.30. The zero-order valence-electron chi connectivity index (χ0n) is 10.7.